The van der Waals surface area contributed by atoms with E-state index in [1.807, 2.05) is 12.1 Å². The van der Waals surface area contributed by atoms with Crippen LogP contribution >= 0.6 is 0 Å². The lowest BCUT2D eigenvalue weighted by molar-refractivity contribution is -0.0511. The average molecular weight is 427 g/mol. The zero-order chi connectivity index (χ0) is 21.1. The number of nitrogens with zero attached hydrogens (tertiary/aromatic N) is 4. The van der Waals surface area contributed by atoms with E-state index in [-0.39, 0.29) is 12.8 Å². The maximum absolute atomic E-state index is 10.4. The first-order valence-electron chi connectivity index (χ1n) is 10.1. The molecule has 11 heteroatoms. The summed E-state index contributed by atoms with van der Waals surface area (Å²) in [4.78, 5) is 13.1. The maximum atomic E-state index is 10.4. The highest BCUT2D eigenvalue weighted by Gasteiger charge is 2.44. The van der Waals surface area contributed by atoms with Gasteiger partial charge < -0.3 is 34.8 Å². The van der Waals surface area contributed by atoms with E-state index >= 15 is 0 Å². The first-order valence-corrected chi connectivity index (χ1v) is 10.1. The molecule has 0 bridgehead atoms. The number of rotatable bonds is 4. The number of aliphatic hydroxyl groups is 3. The molecule has 162 valence electrons. The summed E-state index contributed by atoms with van der Waals surface area (Å²) < 4.78 is 18.2. The van der Waals surface area contributed by atoms with E-state index in [0.717, 1.165) is 29.9 Å². The van der Waals surface area contributed by atoms with Crippen LogP contribution in [0.25, 0.3) is 11.2 Å². The summed E-state index contributed by atoms with van der Waals surface area (Å²) in [6, 6.07) is 4.07. The topological polar surface area (TPSA) is 144 Å². The Kier molecular flexibility index (Phi) is 4.25. The summed E-state index contributed by atoms with van der Waals surface area (Å²) in [5.74, 6) is 2.08. The lowest BCUT2D eigenvalue weighted by Gasteiger charge is -2.17. The van der Waals surface area contributed by atoms with Crippen molar-refractivity contribution in [2.24, 2.45) is 0 Å². The summed E-state index contributed by atoms with van der Waals surface area (Å²) >= 11 is 0. The van der Waals surface area contributed by atoms with Crippen molar-refractivity contribution in [2.75, 3.05) is 18.7 Å². The lowest BCUT2D eigenvalue weighted by atomic mass is 10.1. The normalized spacial score (nSPS) is 28.9. The van der Waals surface area contributed by atoms with Crippen molar-refractivity contribution in [1.82, 2.24) is 19.5 Å². The molecule has 5 atom stereocenters. The van der Waals surface area contributed by atoms with Crippen molar-refractivity contribution in [1.29, 1.82) is 0 Å². The van der Waals surface area contributed by atoms with Gasteiger partial charge in [-0.15, -0.1) is 0 Å². The number of ether oxygens (including phenoxy) is 3. The molecular formula is C20H21N5O6. The summed E-state index contributed by atoms with van der Waals surface area (Å²) in [5.41, 5.74) is 3.33. The smallest absolute Gasteiger partial charge is 0.231 e. The molecule has 3 aliphatic rings. The molecule has 2 aliphatic heterocycles. The highest BCUT2D eigenvalue weighted by molar-refractivity contribution is 5.83. The quantitative estimate of drug-likeness (QED) is 0.458. The lowest BCUT2D eigenvalue weighted by Crippen LogP contribution is -2.33. The predicted octanol–water partition coefficient (Wildman–Crippen LogP) is 0.266. The highest BCUT2D eigenvalue weighted by atomic mass is 16.7. The number of nitrogens with one attached hydrogen (secondary N) is 1. The van der Waals surface area contributed by atoms with Gasteiger partial charge in [-0.3, -0.25) is 4.57 Å². The Morgan fingerprint density at radius 1 is 1.10 bits per heavy atom. The van der Waals surface area contributed by atoms with Crippen LogP contribution in [0.2, 0.25) is 0 Å². The van der Waals surface area contributed by atoms with Gasteiger partial charge >= 0.3 is 0 Å². The molecule has 6 rings (SSSR count). The number of benzene rings is 1. The molecule has 1 fully saturated rings. The van der Waals surface area contributed by atoms with Crippen molar-refractivity contribution in [3.05, 3.63) is 35.9 Å². The summed E-state index contributed by atoms with van der Waals surface area (Å²) in [6.45, 7) is -0.163. The highest BCUT2D eigenvalue weighted by Crippen LogP contribution is 2.43. The van der Waals surface area contributed by atoms with E-state index < -0.39 is 31.1 Å². The molecule has 4 N–H and O–H groups in total. The maximum Gasteiger partial charge on any atom is 0.231 e. The van der Waals surface area contributed by atoms with Gasteiger partial charge in [0.1, 0.15) is 24.6 Å². The molecule has 4 heterocycles. The molecule has 0 amide bonds. The number of hydrogen-bond donors (Lipinski definition) is 4. The second kappa shape index (κ2) is 7.02. The van der Waals surface area contributed by atoms with E-state index in [1.54, 1.807) is 4.57 Å². The standard InChI is InChI=1S/C20H21N5O6/c26-5-14-16(27)17(28)20(31-14)25-7-23-15-18(21-6-22-19(15)25)24-11-2-1-9-3-12-13(4-10(9)11)30-8-29-12/h3-4,6-7,11,14,16-17,20,26-28H,1-2,5,8H2,(H,21,22,24)/t11?,14-,16-,17-,20-/m1/s1. The van der Waals surface area contributed by atoms with E-state index in [0.29, 0.717) is 17.0 Å². The molecular weight excluding hydrogens is 406 g/mol. The van der Waals surface area contributed by atoms with E-state index in [1.165, 1.54) is 18.2 Å². The Labute approximate surface area is 176 Å². The molecule has 1 aromatic carbocycles. The van der Waals surface area contributed by atoms with Crippen LogP contribution < -0.4 is 14.8 Å². The van der Waals surface area contributed by atoms with Crippen LogP contribution in [0.5, 0.6) is 11.5 Å². The minimum Gasteiger partial charge on any atom is -0.454 e. The minimum atomic E-state index is -1.22. The SMILES string of the molecule is OC[C@H]1O[C@@H](n2cnc3c(NC4CCc5cc6c(cc54)OCO6)ncnc32)[C@H](O)[C@@H]1O. The Morgan fingerprint density at radius 3 is 2.74 bits per heavy atom. The van der Waals surface area contributed by atoms with Crippen LogP contribution in [-0.4, -0.2) is 66.6 Å². The first-order chi connectivity index (χ1) is 15.1. The monoisotopic (exact) mass is 427 g/mol. The number of aliphatic hydroxyl groups excluding tert-OH is 3. The van der Waals surface area contributed by atoms with Gasteiger partial charge in [0.25, 0.3) is 0 Å². The minimum absolute atomic E-state index is 0.0293. The number of imidazole rings is 1. The van der Waals surface area contributed by atoms with E-state index in [4.69, 9.17) is 14.2 Å². The van der Waals surface area contributed by atoms with E-state index in [9.17, 15) is 15.3 Å². The Bertz CT molecular complexity index is 1150. The molecule has 31 heavy (non-hydrogen) atoms. The molecule has 0 radical (unpaired) electrons. The fourth-order valence-electron chi connectivity index (χ4n) is 4.56. The number of hydrogen-bond acceptors (Lipinski definition) is 10. The second-order valence-electron chi connectivity index (χ2n) is 7.92. The van der Waals surface area contributed by atoms with Crippen LogP contribution in [0.3, 0.4) is 0 Å². The number of aromatic nitrogens is 4. The van der Waals surface area contributed by atoms with Gasteiger partial charge in [-0.1, -0.05) is 0 Å². The van der Waals surface area contributed by atoms with Crippen molar-refractivity contribution in [2.45, 2.75) is 43.4 Å². The molecule has 3 aromatic rings. The van der Waals surface area contributed by atoms with Crippen molar-refractivity contribution in [3.63, 3.8) is 0 Å². The number of aryl methyl sites for hydroxylation is 1. The van der Waals surface area contributed by atoms with Crippen LogP contribution in [0.4, 0.5) is 5.82 Å². The third-order valence-electron chi connectivity index (χ3n) is 6.17. The Morgan fingerprint density at radius 2 is 1.94 bits per heavy atom. The van der Waals surface area contributed by atoms with E-state index in [2.05, 4.69) is 20.3 Å². The fraction of sp³-hybridized carbons (Fsp3) is 0.450. The molecule has 1 aliphatic carbocycles. The largest absolute Gasteiger partial charge is 0.454 e. The molecule has 0 spiro atoms. The first kappa shape index (κ1) is 18.8. The van der Waals surface area contributed by atoms with Gasteiger partial charge in [0, 0.05) is 0 Å². The van der Waals surface area contributed by atoms with Crippen LogP contribution in [0, 0.1) is 0 Å². The number of anilines is 1. The zero-order valence-corrected chi connectivity index (χ0v) is 16.4. The van der Waals surface area contributed by atoms with Gasteiger partial charge in [-0.05, 0) is 36.1 Å². The third kappa shape index (κ3) is 2.85. The van der Waals surface area contributed by atoms with Crippen molar-refractivity contribution >= 4 is 17.0 Å². The van der Waals surface area contributed by atoms with Crippen LogP contribution in [-0.2, 0) is 11.2 Å². The Hall–Kier alpha value is -2.99. The molecule has 11 nitrogen and oxygen atoms in total. The molecule has 0 saturated carbocycles. The van der Waals surface area contributed by atoms with Crippen molar-refractivity contribution in [3.8, 4) is 11.5 Å². The van der Waals surface area contributed by atoms with Gasteiger partial charge in [0.05, 0.1) is 19.0 Å². The molecule has 1 unspecified atom stereocenters. The van der Waals surface area contributed by atoms with Crippen LogP contribution in [0.1, 0.15) is 29.8 Å². The van der Waals surface area contributed by atoms with Gasteiger partial charge in [-0.25, -0.2) is 15.0 Å². The summed E-state index contributed by atoms with van der Waals surface area (Å²) in [7, 11) is 0. The zero-order valence-electron chi connectivity index (χ0n) is 16.4. The third-order valence-corrected chi connectivity index (χ3v) is 6.17. The second-order valence-corrected chi connectivity index (χ2v) is 7.92. The predicted molar refractivity (Wildman–Crippen MR) is 106 cm³/mol. The molecule has 2 aromatic heterocycles. The van der Waals surface area contributed by atoms with Crippen LogP contribution in [0.15, 0.2) is 24.8 Å². The van der Waals surface area contributed by atoms with Gasteiger partial charge in [-0.2, -0.15) is 0 Å². The molecule has 1 saturated heterocycles. The fourth-order valence-corrected chi connectivity index (χ4v) is 4.56. The van der Waals surface area contributed by atoms with Crippen molar-refractivity contribution < 1.29 is 29.5 Å². The Balaban J connectivity index is 1.32. The number of fused-ring (bicyclic) bond motifs is 3. The summed E-state index contributed by atoms with van der Waals surface area (Å²) in [6.07, 6.45) is 0.507. The van der Waals surface area contributed by atoms with Gasteiger partial charge in [0.15, 0.2) is 34.7 Å². The summed E-state index contributed by atoms with van der Waals surface area (Å²) in [5, 5.41) is 33.2. The average Bonchev–Trinajstić information content (AvgIpc) is 3.55. The van der Waals surface area contributed by atoms with Gasteiger partial charge in [0.2, 0.25) is 6.79 Å².